The van der Waals surface area contributed by atoms with Gasteiger partial charge in [0.1, 0.15) is 5.78 Å². The summed E-state index contributed by atoms with van der Waals surface area (Å²) in [5.74, 6) is 2.96. The Morgan fingerprint density at radius 1 is 1.25 bits per heavy atom. The van der Waals surface area contributed by atoms with E-state index >= 15 is 0 Å². The molecule has 4 rings (SSSR count). The third kappa shape index (κ3) is 1.63. The van der Waals surface area contributed by atoms with Gasteiger partial charge in [0.05, 0.1) is 0 Å². The van der Waals surface area contributed by atoms with E-state index in [9.17, 15) is 4.79 Å². The van der Waals surface area contributed by atoms with Gasteiger partial charge in [0.25, 0.3) is 0 Å². The molecule has 6 atom stereocenters. The summed E-state index contributed by atoms with van der Waals surface area (Å²) in [6.45, 7) is 6.08. The molecular formula is C18H27NO. The van der Waals surface area contributed by atoms with E-state index in [1.165, 1.54) is 19.3 Å². The molecule has 1 N–H and O–H groups in total. The number of Topliss-reactive ketones (excluding diaryl/α,β-unsaturated/α-hetero) is 1. The van der Waals surface area contributed by atoms with Crippen LogP contribution in [0.1, 0.15) is 52.4 Å². The van der Waals surface area contributed by atoms with Gasteiger partial charge in [-0.25, -0.2) is 0 Å². The molecule has 0 unspecified atom stereocenters. The number of rotatable bonds is 0. The Morgan fingerprint density at radius 3 is 2.95 bits per heavy atom. The van der Waals surface area contributed by atoms with Crippen LogP contribution in [0.3, 0.4) is 0 Å². The number of hydrogen-bond acceptors (Lipinski definition) is 2. The molecule has 0 aromatic rings. The average Bonchev–Trinajstić information content (AvgIpc) is 2.81. The van der Waals surface area contributed by atoms with Gasteiger partial charge in [0.15, 0.2) is 0 Å². The number of fused-ring (bicyclic) bond motifs is 5. The third-order valence-corrected chi connectivity index (χ3v) is 7.38. The first-order valence-electron chi connectivity index (χ1n) is 8.46. The Balaban J connectivity index is 1.64. The van der Waals surface area contributed by atoms with Gasteiger partial charge in [-0.3, -0.25) is 4.79 Å². The quantitative estimate of drug-likeness (QED) is 0.686. The van der Waals surface area contributed by atoms with Crippen LogP contribution in [0.5, 0.6) is 0 Å². The molecule has 1 saturated heterocycles. The summed E-state index contributed by atoms with van der Waals surface area (Å²) in [7, 11) is 0. The normalized spacial score (nSPS) is 54.2. The number of carbonyl (C=O) groups excluding carboxylic acids is 1. The lowest BCUT2D eigenvalue weighted by Gasteiger charge is -2.59. The fourth-order valence-corrected chi connectivity index (χ4v) is 6.05. The first kappa shape index (κ1) is 13.1. The topological polar surface area (TPSA) is 29.1 Å². The number of ketones is 1. The molecule has 2 saturated carbocycles. The number of hydrogen-bond donors (Lipinski definition) is 1. The van der Waals surface area contributed by atoms with Crippen molar-refractivity contribution in [1.29, 1.82) is 0 Å². The van der Waals surface area contributed by atoms with Crippen molar-refractivity contribution in [2.75, 3.05) is 6.54 Å². The van der Waals surface area contributed by atoms with Crippen LogP contribution in [0.15, 0.2) is 12.2 Å². The molecule has 4 aliphatic rings. The summed E-state index contributed by atoms with van der Waals surface area (Å²) in [6.07, 6.45) is 11.6. The first-order chi connectivity index (χ1) is 9.53. The maximum absolute atomic E-state index is 11.8. The van der Waals surface area contributed by atoms with E-state index in [2.05, 4.69) is 31.3 Å². The second kappa shape index (κ2) is 4.19. The van der Waals surface area contributed by atoms with Crippen LogP contribution in [0.2, 0.25) is 0 Å². The van der Waals surface area contributed by atoms with Crippen LogP contribution in [-0.2, 0) is 4.79 Å². The van der Waals surface area contributed by atoms with E-state index in [1.807, 2.05) is 0 Å². The summed E-state index contributed by atoms with van der Waals surface area (Å²) in [4.78, 5) is 11.8. The highest BCUT2D eigenvalue weighted by Gasteiger charge is 2.57. The summed E-state index contributed by atoms with van der Waals surface area (Å²) < 4.78 is 0. The lowest BCUT2D eigenvalue weighted by molar-refractivity contribution is -0.130. The Kier molecular flexibility index (Phi) is 2.74. The standard InChI is InChI=1S/C18H27NO/c1-17-7-3-4-14(17)13-11-19-16-10-12(20)5-9-18(16,2)15(13)6-8-17/h3,7,13-16,19H,4-6,8-11H2,1-2H3/t13-,14-,15-,16-,17-,18+/m0/s1. The van der Waals surface area contributed by atoms with E-state index in [1.54, 1.807) is 0 Å². The Bertz CT molecular complexity index is 470. The van der Waals surface area contributed by atoms with Crippen LogP contribution in [0.25, 0.3) is 0 Å². The van der Waals surface area contributed by atoms with Gasteiger partial charge in [-0.05, 0) is 60.8 Å². The van der Waals surface area contributed by atoms with Crippen molar-refractivity contribution in [3.05, 3.63) is 12.2 Å². The van der Waals surface area contributed by atoms with Crippen LogP contribution in [0.4, 0.5) is 0 Å². The average molecular weight is 273 g/mol. The van der Waals surface area contributed by atoms with Crippen molar-refractivity contribution in [2.45, 2.75) is 58.4 Å². The van der Waals surface area contributed by atoms with Gasteiger partial charge >= 0.3 is 0 Å². The minimum absolute atomic E-state index is 0.362. The molecule has 0 amide bonds. The molecule has 1 heterocycles. The number of carbonyl (C=O) groups is 1. The third-order valence-electron chi connectivity index (χ3n) is 7.38. The molecule has 2 heteroatoms. The van der Waals surface area contributed by atoms with Gasteiger partial charge in [0.2, 0.25) is 0 Å². The number of allylic oxidation sites excluding steroid dienone is 2. The molecule has 2 nitrogen and oxygen atoms in total. The minimum Gasteiger partial charge on any atom is -0.313 e. The summed E-state index contributed by atoms with van der Waals surface area (Å²) in [6, 6.07) is 0.448. The monoisotopic (exact) mass is 273 g/mol. The lowest BCUT2D eigenvalue weighted by atomic mass is 9.49. The highest BCUT2D eigenvalue weighted by Crippen LogP contribution is 2.60. The van der Waals surface area contributed by atoms with Crippen LogP contribution in [0, 0.1) is 28.6 Å². The maximum Gasteiger partial charge on any atom is 0.134 e. The largest absolute Gasteiger partial charge is 0.313 e. The molecular weight excluding hydrogens is 246 g/mol. The summed E-state index contributed by atoms with van der Waals surface area (Å²) in [5.41, 5.74) is 0.817. The zero-order chi connectivity index (χ0) is 14.0. The Hall–Kier alpha value is -0.630. The lowest BCUT2D eigenvalue weighted by Crippen LogP contribution is -2.63. The Labute approximate surface area is 122 Å². The van der Waals surface area contributed by atoms with E-state index < -0.39 is 0 Å². The van der Waals surface area contributed by atoms with Crippen LogP contribution >= 0.6 is 0 Å². The van der Waals surface area contributed by atoms with Crippen LogP contribution < -0.4 is 5.32 Å². The zero-order valence-corrected chi connectivity index (χ0v) is 12.8. The molecule has 0 radical (unpaired) electrons. The minimum atomic E-state index is 0.362. The highest BCUT2D eigenvalue weighted by molar-refractivity contribution is 5.80. The fraction of sp³-hybridized carbons (Fsp3) is 0.833. The summed E-state index contributed by atoms with van der Waals surface area (Å²) in [5, 5.41) is 3.77. The van der Waals surface area contributed by atoms with Crippen molar-refractivity contribution >= 4 is 5.78 Å². The number of nitrogens with one attached hydrogen (secondary N) is 1. The van der Waals surface area contributed by atoms with Crippen molar-refractivity contribution in [2.24, 2.45) is 28.6 Å². The van der Waals surface area contributed by atoms with Gasteiger partial charge < -0.3 is 5.32 Å². The smallest absolute Gasteiger partial charge is 0.134 e. The second-order valence-electron chi connectivity index (χ2n) is 8.27. The Morgan fingerprint density at radius 2 is 2.10 bits per heavy atom. The molecule has 20 heavy (non-hydrogen) atoms. The van der Waals surface area contributed by atoms with E-state index in [0.29, 0.717) is 22.7 Å². The summed E-state index contributed by atoms with van der Waals surface area (Å²) >= 11 is 0. The molecule has 1 aliphatic heterocycles. The second-order valence-corrected chi connectivity index (χ2v) is 8.27. The van der Waals surface area contributed by atoms with Crippen molar-refractivity contribution in [1.82, 2.24) is 5.32 Å². The molecule has 0 aromatic heterocycles. The van der Waals surface area contributed by atoms with Crippen LogP contribution in [-0.4, -0.2) is 18.4 Å². The molecule has 110 valence electrons. The fourth-order valence-electron chi connectivity index (χ4n) is 6.05. The predicted octanol–water partition coefficient (Wildman–Crippen LogP) is 3.33. The van der Waals surface area contributed by atoms with E-state index in [-0.39, 0.29) is 0 Å². The van der Waals surface area contributed by atoms with E-state index in [0.717, 1.165) is 43.6 Å². The first-order valence-corrected chi connectivity index (χ1v) is 8.46. The number of piperidine rings is 1. The van der Waals surface area contributed by atoms with Gasteiger partial charge in [-0.2, -0.15) is 0 Å². The molecule has 3 fully saturated rings. The van der Waals surface area contributed by atoms with Crippen molar-refractivity contribution < 1.29 is 4.79 Å². The van der Waals surface area contributed by atoms with Gasteiger partial charge in [-0.1, -0.05) is 26.0 Å². The molecule has 3 aliphatic carbocycles. The molecule has 0 spiro atoms. The SMILES string of the molecule is C[C@]12CCC(=O)C[C@@H]1NC[C@@H]1[C@@H]2CC[C@]2(C)C=CC[C@@H]12. The van der Waals surface area contributed by atoms with Gasteiger partial charge in [-0.15, -0.1) is 0 Å². The zero-order valence-electron chi connectivity index (χ0n) is 12.8. The molecule has 0 bridgehead atoms. The van der Waals surface area contributed by atoms with Crippen molar-refractivity contribution in [3.63, 3.8) is 0 Å². The highest BCUT2D eigenvalue weighted by atomic mass is 16.1. The van der Waals surface area contributed by atoms with E-state index in [4.69, 9.17) is 0 Å². The maximum atomic E-state index is 11.8. The van der Waals surface area contributed by atoms with Gasteiger partial charge in [0, 0.05) is 18.9 Å². The molecule has 0 aromatic carbocycles. The predicted molar refractivity (Wildman–Crippen MR) is 80.3 cm³/mol. The van der Waals surface area contributed by atoms with Crippen molar-refractivity contribution in [3.8, 4) is 0 Å².